The van der Waals surface area contributed by atoms with E-state index in [1.165, 1.54) is 36.4 Å². The van der Waals surface area contributed by atoms with Crippen LogP contribution in [0.5, 0.6) is 0 Å². The molecule has 0 unspecified atom stereocenters. The molecule has 3 amide bonds. The molecule has 0 aromatic heterocycles. The maximum atomic E-state index is 13.2. The lowest BCUT2D eigenvalue weighted by Gasteiger charge is -2.25. The van der Waals surface area contributed by atoms with Crippen LogP contribution in [0.1, 0.15) is 42.1 Å². The van der Waals surface area contributed by atoms with Crippen molar-refractivity contribution in [2.45, 2.75) is 32.4 Å². The van der Waals surface area contributed by atoms with Crippen LogP contribution in [0, 0.1) is 17.8 Å². The number of rotatable bonds is 3. The number of imide groups is 1. The molecule has 1 saturated heterocycles. The third-order valence-electron chi connectivity index (χ3n) is 6.03. The van der Waals surface area contributed by atoms with E-state index in [-0.39, 0.29) is 40.6 Å². The van der Waals surface area contributed by atoms with Crippen LogP contribution in [-0.4, -0.2) is 17.7 Å². The fraction of sp³-hybridized carbons (Fsp3) is 0.348. The summed E-state index contributed by atoms with van der Waals surface area (Å²) in [6, 6.07) is 10.5. The molecule has 1 N–H and O–H groups in total. The number of hydrogen-bond donors (Lipinski definition) is 1. The van der Waals surface area contributed by atoms with E-state index < -0.39 is 17.6 Å². The van der Waals surface area contributed by atoms with Crippen molar-refractivity contribution in [2.75, 3.05) is 10.2 Å². The zero-order chi connectivity index (χ0) is 22.3. The quantitative estimate of drug-likeness (QED) is 0.706. The topological polar surface area (TPSA) is 66.5 Å². The first-order chi connectivity index (χ1) is 14.7. The maximum absolute atomic E-state index is 13.2. The Balaban J connectivity index is 1.59. The van der Waals surface area contributed by atoms with Gasteiger partial charge in [0.15, 0.2) is 0 Å². The lowest BCUT2D eigenvalue weighted by molar-refractivity contribution is -0.137. The molecule has 1 aliphatic heterocycles. The number of halogens is 3. The van der Waals surface area contributed by atoms with E-state index in [4.69, 9.17) is 0 Å². The molecule has 5 nitrogen and oxygen atoms in total. The average Bonchev–Trinajstić information content (AvgIpc) is 2.97. The SMILES string of the molecule is C[C@@H]1CC[C@@H]2C(=O)N(c3cccc(C(=O)Nc4ccccc4C(F)(F)F)c3)C(=O)[C@H]2C1. The van der Waals surface area contributed by atoms with Gasteiger partial charge < -0.3 is 5.32 Å². The van der Waals surface area contributed by atoms with Gasteiger partial charge in [0.1, 0.15) is 0 Å². The van der Waals surface area contributed by atoms with Crippen molar-refractivity contribution < 1.29 is 27.6 Å². The third-order valence-corrected chi connectivity index (χ3v) is 6.03. The number of para-hydroxylation sites is 1. The van der Waals surface area contributed by atoms with E-state index >= 15 is 0 Å². The predicted octanol–water partition coefficient (Wildman–Crippen LogP) is 4.88. The number of nitrogens with one attached hydrogen (secondary N) is 1. The molecule has 2 aliphatic rings. The van der Waals surface area contributed by atoms with Crippen molar-refractivity contribution in [1.82, 2.24) is 0 Å². The highest BCUT2D eigenvalue weighted by molar-refractivity contribution is 6.22. The van der Waals surface area contributed by atoms with Crippen molar-refractivity contribution in [3.05, 3.63) is 59.7 Å². The average molecular weight is 430 g/mol. The van der Waals surface area contributed by atoms with Crippen molar-refractivity contribution in [2.24, 2.45) is 17.8 Å². The minimum atomic E-state index is -4.62. The number of fused-ring (bicyclic) bond motifs is 1. The van der Waals surface area contributed by atoms with Gasteiger partial charge in [-0.3, -0.25) is 19.3 Å². The van der Waals surface area contributed by atoms with Crippen molar-refractivity contribution >= 4 is 29.1 Å². The van der Waals surface area contributed by atoms with Crippen LogP contribution in [0.25, 0.3) is 0 Å². The van der Waals surface area contributed by atoms with Crippen LogP contribution in [0.4, 0.5) is 24.5 Å². The summed E-state index contributed by atoms with van der Waals surface area (Å²) in [5.74, 6) is -1.65. The monoisotopic (exact) mass is 430 g/mol. The lowest BCUT2D eigenvalue weighted by atomic mass is 9.76. The zero-order valence-electron chi connectivity index (χ0n) is 16.8. The fourth-order valence-corrected chi connectivity index (χ4v) is 4.46. The van der Waals surface area contributed by atoms with Crippen LogP contribution in [-0.2, 0) is 15.8 Å². The second-order valence-electron chi connectivity index (χ2n) is 8.19. The first kappa shape index (κ1) is 21.1. The molecule has 2 aromatic carbocycles. The van der Waals surface area contributed by atoms with Gasteiger partial charge in [0.05, 0.1) is 28.8 Å². The van der Waals surface area contributed by atoms with Crippen molar-refractivity contribution in [3.63, 3.8) is 0 Å². The highest BCUT2D eigenvalue weighted by atomic mass is 19.4. The Kier molecular flexibility index (Phi) is 5.33. The molecule has 1 heterocycles. The van der Waals surface area contributed by atoms with Gasteiger partial charge in [0.25, 0.3) is 5.91 Å². The van der Waals surface area contributed by atoms with E-state index in [2.05, 4.69) is 12.2 Å². The second-order valence-corrected chi connectivity index (χ2v) is 8.19. The standard InChI is InChI=1S/C23H21F3N2O3/c1-13-9-10-16-17(11-13)22(31)28(21(16)30)15-6-4-5-14(12-15)20(29)27-19-8-3-2-7-18(19)23(24,25)26/h2-8,12-13,16-17H,9-11H2,1H3,(H,27,29)/t13-,16+,17+/m1/s1. The summed E-state index contributed by atoms with van der Waals surface area (Å²) in [5, 5.41) is 2.28. The highest BCUT2D eigenvalue weighted by Gasteiger charge is 2.50. The van der Waals surface area contributed by atoms with Crippen molar-refractivity contribution in [3.8, 4) is 0 Å². The van der Waals surface area contributed by atoms with Gasteiger partial charge in [-0.2, -0.15) is 13.2 Å². The Labute approximate surface area is 177 Å². The summed E-state index contributed by atoms with van der Waals surface area (Å²) < 4.78 is 39.6. The molecule has 2 fully saturated rings. The number of amides is 3. The minimum Gasteiger partial charge on any atom is -0.321 e. The van der Waals surface area contributed by atoms with Gasteiger partial charge in [-0.1, -0.05) is 25.1 Å². The summed E-state index contributed by atoms with van der Waals surface area (Å²) in [4.78, 5) is 39.5. The lowest BCUT2D eigenvalue weighted by Crippen LogP contribution is -2.31. The van der Waals surface area contributed by atoms with E-state index in [0.717, 1.165) is 17.4 Å². The summed E-state index contributed by atoms with van der Waals surface area (Å²) in [6.07, 6.45) is -2.43. The van der Waals surface area contributed by atoms with Crippen LogP contribution in [0.15, 0.2) is 48.5 Å². The Morgan fingerprint density at radius 3 is 2.45 bits per heavy atom. The highest BCUT2D eigenvalue weighted by Crippen LogP contribution is 2.42. The molecule has 162 valence electrons. The second kappa shape index (κ2) is 7.83. The van der Waals surface area contributed by atoms with Gasteiger partial charge >= 0.3 is 6.18 Å². The maximum Gasteiger partial charge on any atom is 0.418 e. The van der Waals surface area contributed by atoms with Gasteiger partial charge in [-0.25, -0.2) is 0 Å². The molecule has 31 heavy (non-hydrogen) atoms. The molecule has 1 aliphatic carbocycles. The number of carbonyl (C=O) groups excluding carboxylic acids is 3. The number of alkyl halides is 3. The summed E-state index contributed by atoms with van der Waals surface area (Å²) in [7, 11) is 0. The predicted molar refractivity (Wildman–Crippen MR) is 108 cm³/mol. The van der Waals surface area contributed by atoms with E-state index in [1.54, 1.807) is 6.07 Å². The third kappa shape index (κ3) is 3.94. The van der Waals surface area contributed by atoms with Gasteiger partial charge in [-0.05, 0) is 55.5 Å². The Hall–Kier alpha value is -3.16. The summed E-state index contributed by atoms with van der Waals surface area (Å²) >= 11 is 0. The molecule has 0 radical (unpaired) electrons. The van der Waals surface area contributed by atoms with Crippen LogP contribution >= 0.6 is 0 Å². The smallest absolute Gasteiger partial charge is 0.321 e. The van der Waals surface area contributed by atoms with Gasteiger partial charge in [-0.15, -0.1) is 0 Å². The Bertz CT molecular complexity index is 1050. The molecule has 3 atom stereocenters. The molecule has 0 spiro atoms. The van der Waals surface area contributed by atoms with Gasteiger partial charge in [0.2, 0.25) is 11.8 Å². The fourth-order valence-electron chi connectivity index (χ4n) is 4.46. The summed E-state index contributed by atoms with van der Waals surface area (Å²) in [6.45, 7) is 2.06. The molecule has 8 heteroatoms. The van der Waals surface area contributed by atoms with Gasteiger partial charge in [0, 0.05) is 5.56 Å². The summed E-state index contributed by atoms with van der Waals surface area (Å²) in [5.41, 5.74) is -1.01. The number of hydrogen-bond acceptors (Lipinski definition) is 3. The number of anilines is 2. The number of benzene rings is 2. The number of nitrogens with zero attached hydrogens (tertiary/aromatic N) is 1. The van der Waals surface area contributed by atoms with Crippen molar-refractivity contribution in [1.29, 1.82) is 0 Å². The Morgan fingerprint density at radius 1 is 1.00 bits per heavy atom. The molecular weight excluding hydrogens is 409 g/mol. The van der Waals surface area contributed by atoms with Crippen LogP contribution < -0.4 is 10.2 Å². The zero-order valence-corrected chi connectivity index (χ0v) is 16.8. The van der Waals surface area contributed by atoms with E-state index in [9.17, 15) is 27.6 Å². The van der Waals surface area contributed by atoms with E-state index in [0.29, 0.717) is 18.8 Å². The first-order valence-corrected chi connectivity index (χ1v) is 10.1. The van der Waals surface area contributed by atoms with E-state index in [1.807, 2.05) is 0 Å². The first-order valence-electron chi connectivity index (χ1n) is 10.1. The molecule has 2 aromatic rings. The number of carbonyl (C=O) groups is 3. The van der Waals surface area contributed by atoms with Crippen LogP contribution in [0.2, 0.25) is 0 Å². The molecule has 1 saturated carbocycles. The molecule has 0 bridgehead atoms. The largest absolute Gasteiger partial charge is 0.418 e. The molecular formula is C23H21F3N2O3. The minimum absolute atomic E-state index is 0.0540. The normalized spacial score (nSPS) is 23.6. The molecule has 4 rings (SSSR count). The van der Waals surface area contributed by atoms with Crippen LogP contribution in [0.3, 0.4) is 0 Å². The Morgan fingerprint density at radius 2 is 1.71 bits per heavy atom.